The number of amides is 1. The molecule has 0 bridgehead atoms. The van der Waals surface area contributed by atoms with Crippen LogP contribution in [0.15, 0.2) is 61.2 Å². The number of likely N-dealkylation sites (tertiary alicyclic amines) is 1. The van der Waals surface area contributed by atoms with E-state index in [9.17, 15) is 4.79 Å². The number of benzene rings is 2. The van der Waals surface area contributed by atoms with Crippen molar-refractivity contribution in [2.24, 2.45) is 0 Å². The normalized spacial score (nSPS) is 17.2. The fourth-order valence-corrected chi connectivity index (χ4v) is 3.81. The highest BCUT2D eigenvalue weighted by Gasteiger charge is 2.33. The minimum Gasteiger partial charge on any atom is -0.338 e. The quantitative estimate of drug-likeness (QED) is 0.658. The number of fused-ring (bicyclic) bond motifs is 1. The fourth-order valence-electron chi connectivity index (χ4n) is 3.81. The molecule has 4 rings (SSSR count). The lowest BCUT2D eigenvalue weighted by molar-refractivity contribution is -0.127. The topological polar surface area (TPSA) is 38.1 Å². The van der Waals surface area contributed by atoms with Crippen LogP contribution in [0.3, 0.4) is 0 Å². The Morgan fingerprint density at radius 3 is 2.77 bits per heavy atom. The second-order valence-corrected chi connectivity index (χ2v) is 6.96. The number of carbonyl (C=O) groups excluding carboxylic acids is 1. The molecule has 1 aliphatic heterocycles. The van der Waals surface area contributed by atoms with Gasteiger partial charge in [0.25, 0.3) is 0 Å². The molecule has 1 fully saturated rings. The van der Waals surface area contributed by atoms with Crippen LogP contribution < -0.4 is 0 Å². The Hall–Kier alpha value is -2.88. The van der Waals surface area contributed by atoms with E-state index in [-0.39, 0.29) is 11.8 Å². The second-order valence-electron chi connectivity index (χ2n) is 6.96. The maximum atomic E-state index is 12.3. The van der Waals surface area contributed by atoms with Crippen LogP contribution in [-0.4, -0.2) is 33.4 Å². The van der Waals surface area contributed by atoms with Crippen molar-refractivity contribution in [3.05, 3.63) is 78.1 Å². The summed E-state index contributed by atoms with van der Waals surface area (Å²) in [4.78, 5) is 19.1. The largest absolute Gasteiger partial charge is 0.338 e. The summed E-state index contributed by atoms with van der Waals surface area (Å²) in [6, 6.07) is 16.7. The molecule has 0 N–H and O–H groups in total. The summed E-state index contributed by atoms with van der Waals surface area (Å²) >= 11 is 0. The first kappa shape index (κ1) is 16.6. The zero-order valence-corrected chi connectivity index (χ0v) is 15.1. The van der Waals surface area contributed by atoms with E-state index in [0.717, 1.165) is 23.4 Å². The molecule has 0 saturated carbocycles. The highest BCUT2D eigenvalue weighted by molar-refractivity contribution is 5.81. The third-order valence-electron chi connectivity index (χ3n) is 5.20. The molecule has 4 heteroatoms. The van der Waals surface area contributed by atoms with E-state index in [1.165, 1.54) is 11.1 Å². The summed E-state index contributed by atoms with van der Waals surface area (Å²) < 4.78 is 2.28. The van der Waals surface area contributed by atoms with Crippen LogP contribution in [-0.2, 0) is 11.3 Å². The van der Waals surface area contributed by atoms with Gasteiger partial charge in [0.2, 0.25) is 5.91 Å². The monoisotopic (exact) mass is 345 g/mol. The van der Waals surface area contributed by atoms with Crippen LogP contribution >= 0.6 is 0 Å². The van der Waals surface area contributed by atoms with Gasteiger partial charge in [-0.15, -0.1) is 6.58 Å². The van der Waals surface area contributed by atoms with Crippen LogP contribution in [0.1, 0.15) is 29.3 Å². The Balaban J connectivity index is 1.76. The average molecular weight is 345 g/mol. The van der Waals surface area contributed by atoms with Crippen molar-refractivity contribution < 1.29 is 4.79 Å². The van der Waals surface area contributed by atoms with Gasteiger partial charge in [0.1, 0.15) is 5.82 Å². The van der Waals surface area contributed by atoms with Crippen LogP contribution in [0.4, 0.5) is 0 Å². The van der Waals surface area contributed by atoms with E-state index in [1.54, 1.807) is 6.08 Å². The van der Waals surface area contributed by atoms with Crippen molar-refractivity contribution in [2.75, 3.05) is 13.1 Å². The number of rotatable bonds is 5. The molecule has 0 radical (unpaired) electrons. The number of para-hydroxylation sites is 2. The van der Waals surface area contributed by atoms with Gasteiger partial charge in [0, 0.05) is 32.0 Å². The minimum absolute atomic E-state index is 0.124. The molecule has 26 heavy (non-hydrogen) atoms. The molecule has 0 aliphatic carbocycles. The predicted molar refractivity (Wildman–Crippen MR) is 104 cm³/mol. The van der Waals surface area contributed by atoms with Gasteiger partial charge in [-0.05, 0) is 30.2 Å². The third kappa shape index (κ3) is 2.92. The molecule has 1 unspecified atom stereocenters. The molecule has 1 atom stereocenters. The maximum absolute atomic E-state index is 12.3. The van der Waals surface area contributed by atoms with Crippen molar-refractivity contribution in [1.82, 2.24) is 14.5 Å². The first-order valence-electron chi connectivity index (χ1n) is 9.05. The van der Waals surface area contributed by atoms with E-state index < -0.39 is 0 Å². The van der Waals surface area contributed by atoms with Crippen molar-refractivity contribution in [3.63, 3.8) is 0 Å². The fraction of sp³-hybridized carbons (Fsp3) is 0.273. The van der Waals surface area contributed by atoms with Crippen LogP contribution in [0, 0.1) is 6.92 Å². The van der Waals surface area contributed by atoms with Gasteiger partial charge in [-0.2, -0.15) is 0 Å². The first-order chi connectivity index (χ1) is 12.7. The number of imidazole rings is 1. The van der Waals surface area contributed by atoms with Crippen LogP contribution in [0.25, 0.3) is 11.0 Å². The molecule has 132 valence electrons. The Kier molecular flexibility index (Phi) is 4.33. The lowest BCUT2D eigenvalue weighted by Crippen LogP contribution is -2.25. The minimum atomic E-state index is 0.124. The number of hydrogen-bond donors (Lipinski definition) is 0. The Bertz CT molecular complexity index is 972. The molecule has 1 saturated heterocycles. The lowest BCUT2D eigenvalue weighted by Gasteiger charge is -2.16. The number of aromatic nitrogens is 2. The molecule has 2 aromatic carbocycles. The number of aryl methyl sites for hydroxylation is 1. The van der Waals surface area contributed by atoms with Crippen LogP contribution in [0.2, 0.25) is 0 Å². The highest BCUT2D eigenvalue weighted by atomic mass is 16.2. The highest BCUT2D eigenvalue weighted by Crippen LogP contribution is 2.31. The van der Waals surface area contributed by atoms with Gasteiger partial charge in [0.15, 0.2) is 0 Å². The molecular weight excluding hydrogens is 322 g/mol. The summed E-state index contributed by atoms with van der Waals surface area (Å²) in [5.41, 5.74) is 4.67. The molecular formula is C22H23N3O. The Morgan fingerprint density at radius 2 is 1.96 bits per heavy atom. The van der Waals surface area contributed by atoms with Crippen molar-refractivity contribution in [1.29, 1.82) is 0 Å². The summed E-state index contributed by atoms with van der Waals surface area (Å²) in [6.07, 6.45) is 2.31. The van der Waals surface area contributed by atoms with Crippen molar-refractivity contribution >= 4 is 16.9 Å². The standard InChI is InChI=1S/C22H23N3O/c1-3-12-24-14-18(13-21(24)26)22-23-19-10-6-7-11-20(19)25(22)15-17-9-5-4-8-16(17)2/h3-11,18H,1,12-15H2,2H3. The van der Waals surface area contributed by atoms with Crippen molar-refractivity contribution in [3.8, 4) is 0 Å². The third-order valence-corrected chi connectivity index (χ3v) is 5.20. The molecule has 1 aromatic heterocycles. The molecule has 1 amide bonds. The maximum Gasteiger partial charge on any atom is 0.223 e. The van der Waals surface area contributed by atoms with E-state index >= 15 is 0 Å². The zero-order valence-electron chi connectivity index (χ0n) is 15.1. The van der Waals surface area contributed by atoms with Crippen molar-refractivity contribution in [2.45, 2.75) is 25.8 Å². The molecule has 3 aromatic rings. The zero-order chi connectivity index (χ0) is 18.1. The summed E-state index contributed by atoms with van der Waals surface area (Å²) in [5.74, 6) is 1.32. The number of carbonyl (C=O) groups is 1. The van der Waals surface area contributed by atoms with E-state index in [2.05, 4.69) is 48.4 Å². The van der Waals surface area contributed by atoms with Gasteiger partial charge in [-0.25, -0.2) is 4.98 Å². The summed E-state index contributed by atoms with van der Waals surface area (Å²) in [7, 11) is 0. The summed E-state index contributed by atoms with van der Waals surface area (Å²) in [6.45, 7) is 7.98. The molecule has 0 spiro atoms. The average Bonchev–Trinajstić information content (AvgIpc) is 3.18. The van der Waals surface area contributed by atoms with Gasteiger partial charge < -0.3 is 9.47 Å². The SMILES string of the molecule is C=CCN1CC(c2nc3ccccc3n2Cc2ccccc2C)CC1=O. The molecule has 1 aliphatic rings. The Morgan fingerprint density at radius 1 is 1.19 bits per heavy atom. The second kappa shape index (κ2) is 6.79. The number of hydrogen-bond acceptors (Lipinski definition) is 2. The molecule has 2 heterocycles. The number of nitrogens with zero attached hydrogens (tertiary/aromatic N) is 3. The Labute approximate surface area is 153 Å². The van der Waals surface area contributed by atoms with Gasteiger partial charge in [-0.1, -0.05) is 42.5 Å². The lowest BCUT2D eigenvalue weighted by atomic mass is 10.1. The first-order valence-corrected chi connectivity index (χ1v) is 9.05. The van der Waals surface area contributed by atoms with Gasteiger partial charge in [0.05, 0.1) is 11.0 Å². The van der Waals surface area contributed by atoms with Gasteiger partial charge >= 0.3 is 0 Å². The molecule has 4 nitrogen and oxygen atoms in total. The summed E-state index contributed by atoms with van der Waals surface area (Å²) in [5, 5.41) is 0. The van der Waals surface area contributed by atoms with E-state index in [1.807, 2.05) is 23.1 Å². The van der Waals surface area contributed by atoms with Gasteiger partial charge in [-0.3, -0.25) is 4.79 Å². The van der Waals surface area contributed by atoms with E-state index in [0.29, 0.717) is 19.5 Å². The van der Waals surface area contributed by atoms with Crippen LogP contribution in [0.5, 0.6) is 0 Å². The predicted octanol–water partition coefficient (Wildman–Crippen LogP) is 3.89. The smallest absolute Gasteiger partial charge is 0.223 e. The van der Waals surface area contributed by atoms with E-state index in [4.69, 9.17) is 4.98 Å².